The van der Waals surface area contributed by atoms with Crippen molar-refractivity contribution in [1.29, 1.82) is 0 Å². The zero-order valence-corrected chi connectivity index (χ0v) is 13.4. The number of anilines is 1. The van der Waals surface area contributed by atoms with Gasteiger partial charge in [0, 0.05) is 23.4 Å². The molecule has 1 N–H and O–H groups in total. The molecule has 0 spiro atoms. The molecule has 1 heterocycles. The third-order valence-corrected chi connectivity index (χ3v) is 3.54. The molecule has 0 unspecified atom stereocenters. The molecule has 1 aromatic heterocycles. The van der Waals surface area contributed by atoms with Crippen LogP contribution in [0.5, 0.6) is 0 Å². The number of carbonyl (C=O) groups excluding carboxylic acids is 2. The second-order valence-electron chi connectivity index (χ2n) is 5.32. The van der Waals surface area contributed by atoms with Gasteiger partial charge in [0.2, 0.25) is 5.78 Å². The van der Waals surface area contributed by atoms with E-state index in [0.29, 0.717) is 16.9 Å². The Bertz CT molecular complexity index is 889. The fraction of sp³-hybridized carbons (Fsp3) is 0. The van der Waals surface area contributed by atoms with Crippen molar-refractivity contribution in [2.45, 2.75) is 0 Å². The number of Topliss-reactive ketones (excluding diaryl/α,β-unsaturated/α-hetero) is 1. The van der Waals surface area contributed by atoms with E-state index in [1.54, 1.807) is 72.9 Å². The summed E-state index contributed by atoms with van der Waals surface area (Å²) in [5.74, 6) is -0.0160. The van der Waals surface area contributed by atoms with Crippen LogP contribution >= 0.6 is 0 Å². The van der Waals surface area contributed by atoms with Crippen molar-refractivity contribution in [1.82, 2.24) is 4.98 Å². The number of allylic oxidation sites excluding steroid dienone is 2. The molecule has 0 saturated carbocycles. The van der Waals surface area contributed by atoms with Crippen LogP contribution in [0.3, 0.4) is 0 Å². The quantitative estimate of drug-likeness (QED) is 0.546. The Morgan fingerprint density at radius 1 is 0.760 bits per heavy atom. The van der Waals surface area contributed by atoms with Crippen LogP contribution in [-0.4, -0.2) is 16.6 Å². The Morgan fingerprint density at radius 3 is 1.96 bits per heavy atom. The van der Waals surface area contributed by atoms with Crippen molar-refractivity contribution in [2.24, 2.45) is 0 Å². The maximum Gasteiger partial charge on any atom is 0.209 e. The molecule has 2 aromatic carbocycles. The Labute approximate surface area is 145 Å². The number of benzene rings is 2. The van der Waals surface area contributed by atoms with E-state index in [1.165, 1.54) is 6.08 Å². The predicted molar refractivity (Wildman–Crippen MR) is 97.5 cm³/mol. The summed E-state index contributed by atoms with van der Waals surface area (Å²) in [6, 6.07) is 23.0. The molecular formula is C21H16N2O2. The minimum absolute atomic E-state index is 0.179. The highest BCUT2D eigenvalue weighted by Crippen LogP contribution is 2.13. The summed E-state index contributed by atoms with van der Waals surface area (Å²) in [7, 11) is 0. The summed E-state index contributed by atoms with van der Waals surface area (Å²) in [5.41, 5.74) is 1.19. The summed E-state index contributed by atoms with van der Waals surface area (Å²) < 4.78 is 0. The van der Waals surface area contributed by atoms with Crippen molar-refractivity contribution in [3.63, 3.8) is 0 Å². The SMILES string of the molecule is O=C(C=C(Nc1ccccn1)C(=O)c1ccccc1)c1ccccc1. The first-order valence-corrected chi connectivity index (χ1v) is 7.83. The van der Waals surface area contributed by atoms with Gasteiger partial charge in [-0.1, -0.05) is 66.7 Å². The van der Waals surface area contributed by atoms with E-state index >= 15 is 0 Å². The lowest BCUT2D eigenvalue weighted by Gasteiger charge is -2.09. The molecule has 0 aliphatic carbocycles. The van der Waals surface area contributed by atoms with Gasteiger partial charge in [0.25, 0.3) is 0 Å². The van der Waals surface area contributed by atoms with Gasteiger partial charge in [0.1, 0.15) is 5.82 Å². The summed E-state index contributed by atoms with van der Waals surface area (Å²) >= 11 is 0. The van der Waals surface area contributed by atoms with Crippen LogP contribution in [-0.2, 0) is 0 Å². The first kappa shape index (κ1) is 16.3. The van der Waals surface area contributed by atoms with Gasteiger partial charge in [-0.15, -0.1) is 0 Å². The number of nitrogens with zero attached hydrogens (tertiary/aromatic N) is 1. The van der Waals surface area contributed by atoms with Gasteiger partial charge in [-0.25, -0.2) is 4.98 Å². The Kier molecular flexibility index (Phi) is 5.12. The van der Waals surface area contributed by atoms with E-state index < -0.39 is 0 Å². The minimum atomic E-state index is -0.268. The van der Waals surface area contributed by atoms with Gasteiger partial charge < -0.3 is 5.32 Å². The van der Waals surface area contributed by atoms with Crippen LogP contribution in [0, 0.1) is 0 Å². The molecule has 25 heavy (non-hydrogen) atoms. The molecule has 0 radical (unpaired) electrons. The van der Waals surface area contributed by atoms with E-state index in [1.807, 2.05) is 12.1 Å². The maximum atomic E-state index is 12.8. The van der Waals surface area contributed by atoms with Crippen LogP contribution in [0.15, 0.2) is 96.8 Å². The number of rotatable bonds is 6. The maximum absolute atomic E-state index is 12.8. The molecular weight excluding hydrogens is 312 g/mol. The van der Waals surface area contributed by atoms with E-state index in [2.05, 4.69) is 10.3 Å². The first-order valence-electron chi connectivity index (χ1n) is 7.83. The lowest BCUT2D eigenvalue weighted by atomic mass is 10.0. The molecule has 3 rings (SSSR count). The van der Waals surface area contributed by atoms with Crippen molar-refractivity contribution >= 4 is 17.4 Å². The van der Waals surface area contributed by atoms with Gasteiger partial charge >= 0.3 is 0 Å². The standard InChI is InChI=1S/C21H16N2O2/c24-19(16-9-3-1-4-10-16)15-18(23-20-13-7-8-14-22-20)21(25)17-11-5-2-6-12-17/h1-15H,(H,22,23). The van der Waals surface area contributed by atoms with Gasteiger partial charge in [-0.05, 0) is 12.1 Å². The van der Waals surface area contributed by atoms with Crippen molar-refractivity contribution in [3.05, 3.63) is 108 Å². The average molecular weight is 328 g/mol. The second kappa shape index (κ2) is 7.84. The smallest absolute Gasteiger partial charge is 0.209 e. The zero-order valence-electron chi connectivity index (χ0n) is 13.4. The molecule has 0 aliphatic rings. The summed E-state index contributed by atoms with van der Waals surface area (Å²) in [5, 5.41) is 2.96. The number of nitrogens with one attached hydrogen (secondary N) is 1. The highest BCUT2D eigenvalue weighted by molar-refractivity contribution is 6.16. The molecule has 4 heteroatoms. The molecule has 0 amide bonds. The molecule has 4 nitrogen and oxygen atoms in total. The lowest BCUT2D eigenvalue weighted by Crippen LogP contribution is -2.14. The van der Waals surface area contributed by atoms with Gasteiger partial charge in [0.05, 0.1) is 5.70 Å². The average Bonchev–Trinajstić information content (AvgIpc) is 2.69. The molecule has 0 atom stereocenters. The van der Waals surface area contributed by atoms with Gasteiger partial charge in [0.15, 0.2) is 5.78 Å². The third kappa shape index (κ3) is 4.26. The Morgan fingerprint density at radius 2 is 1.36 bits per heavy atom. The highest BCUT2D eigenvalue weighted by atomic mass is 16.1. The van der Waals surface area contributed by atoms with Crippen LogP contribution in [0.25, 0.3) is 0 Å². The largest absolute Gasteiger partial charge is 0.337 e. The van der Waals surface area contributed by atoms with E-state index in [-0.39, 0.29) is 17.3 Å². The van der Waals surface area contributed by atoms with Crippen LogP contribution in [0.4, 0.5) is 5.82 Å². The number of hydrogen-bond donors (Lipinski definition) is 1. The molecule has 122 valence electrons. The number of aromatic nitrogens is 1. The normalized spacial score (nSPS) is 11.0. The third-order valence-electron chi connectivity index (χ3n) is 3.54. The predicted octanol–water partition coefficient (Wildman–Crippen LogP) is 4.14. The monoisotopic (exact) mass is 328 g/mol. The summed E-state index contributed by atoms with van der Waals surface area (Å²) in [4.78, 5) is 29.5. The molecule has 0 bridgehead atoms. The van der Waals surface area contributed by atoms with Gasteiger partial charge in [-0.2, -0.15) is 0 Å². The topological polar surface area (TPSA) is 59.1 Å². The number of hydrogen-bond acceptors (Lipinski definition) is 4. The highest BCUT2D eigenvalue weighted by Gasteiger charge is 2.15. The van der Waals surface area contributed by atoms with Gasteiger partial charge in [-0.3, -0.25) is 9.59 Å². The fourth-order valence-corrected chi connectivity index (χ4v) is 2.29. The molecule has 0 fully saturated rings. The van der Waals surface area contributed by atoms with E-state index in [9.17, 15) is 9.59 Å². The van der Waals surface area contributed by atoms with Crippen molar-refractivity contribution in [2.75, 3.05) is 5.32 Å². The number of carbonyl (C=O) groups is 2. The molecule has 0 aliphatic heterocycles. The van der Waals surface area contributed by atoms with Crippen molar-refractivity contribution < 1.29 is 9.59 Å². The summed E-state index contributed by atoms with van der Waals surface area (Å²) in [6.07, 6.45) is 2.94. The van der Waals surface area contributed by atoms with E-state index in [4.69, 9.17) is 0 Å². The number of ketones is 2. The second-order valence-corrected chi connectivity index (χ2v) is 5.32. The number of pyridine rings is 1. The first-order chi connectivity index (χ1) is 12.2. The summed E-state index contributed by atoms with van der Waals surface area (Å²) in [6.45, 7) is 0. The van der Waals surface area contributed by atoms with E-state index in [0.717, 1.165) is 0 Å². The zero-order chi connectivity index (χ0) is 17.5. The van der Waals surface area contributed by atoms with Crippen molar-refractivity contribution in [3.8, 4) is 0 Å². The molecule has 3 aromatic rings. The lowest BCUT2D eigenvalue weighted by molar-refractivity contribution is 0.101. The van der Waals surface area contributed by atoms with Crippen LogP contribution in [0.1, 0.15) is 20.7 Å². The minimum Gasteiger partial charge on any atom is -0.337 e. The van der Waals surface area contributed by atoms with Crippen LogP contribution < -0.4 is 5.32 Å². The van der Waals surface area contributed by atoms with Crippen LogP contribution in [0.2, 0.25) is 0 Å². The fourth-order valence-electron chi connectivity index (χ4n) is 2.29. The molecule has 0 saturated heterocycles. The Hall–Kier alpha value is -3.53. The Balaban J connectivity index is 1.95.